The highest BCUT2D eigenvalue weighted by Gasteiger charge is 2.07. The SMILES string of the molecule is C=C(C)C(=O)NN(CC)CCCCCCCCCCCCC. The minimum Gasteiger partial charge on any atom is -0.285 e. The summed E-state index contributed by atoms with van der Waals surface area (Å²) in [7, 11) is 0. The number of hydrazine groups is 1. The first-order valence-corrected chi connectivity index (χ1v) is 9.33. The smallest absolute Gasteiger partial charge is 0.260 e. The van der Waals surface area contributed by atoms with Gasteiger partial charge in [-0.05, 0) is 13.3 Å². The zero-order valence-corrected chi connectivity index (χ0v) is 15.3. The van der Waals surface area contributed by atoms with Gasteiger partial charge in [0, 0.05) is 18.7 Å². The molecule has 0 radical (unpaired) electrons. The van der Waals surface area contributed by atoms with Crippen LogP contribution in [0.1, 0.15) is 91.4 Å². The molecule has 0 bridgehead atoms. The van der Waals surface area contributed by atoms with Gasteiger partial charge in [-0.15, -0.1) is 0 Å². The maximum atomic E-state index is 11.6. The van der Waals surface area contributed by atoms with Crippen LogP contribution in [0.5, 0.6) is 0 Å². The first kappa shape index (κ1) is 21.2. The molecule has 0 fully saturated rings. The number of unbranched alkanes of at least 4 members (excludes halogenated alkanes) is 10. The van der Waals surface area contributed by atoms with Crippen molar-refractivity contribution in [3.05, 3.63) is 12.2 Å². The summed E-state index contributed by atoms with van der Waals surface area (Å²) >= 11 is 0. The second-order valence-corrected chi connectivity index (χ2v) is 6.34. The fraction of sp³-hybridized carbons (Fsp3) is 0.842. The molecule has 1 amide bonds. The van der Waals surface area contributed by atoms with E-state index in [2.05, 4.69) is 25.9 Å². The lowest BCUT2D eigenvalue weighted by Crippen LogP contribution is -2.42. The second kappa shape index (κ2) is 15.1. The van der Waals surface area contributed by atoms with Crippen LogP contribution < -0.4 is 5.43 Å². The fourth-order valence-corrected chi connectivity index (χ4v) is 2.50. The number of carbonyl (C=O) groups is 1. The molecule has 0 aliphatic heterocycles. The Kier molecular flexibility index (Phi) is 14.5. The van der Waals surface area contributed by atoms with Crippen LogP contribution in [0.3, 0.4) is 0 Å². The molecule has 0 saturated carbocycles. The second-order valence-electron chi connectivity index (χ2n) is 6.34. The molecule has 0 rings (SSSR count). The molecule has 1 N–H and O–H groups in total. The molecule has 0 aliphatic rings. The van der Waals surface area contributed by atoms with Gasteiger partial charge in [-0.25, -0.2) is 5.01 Å². The summed E-state index contributed by atoms with van der Waals surface area (Å²) in [6, 6.07) is 0. The highest BCUT2D eigenvalue weighted by Crippen LogP contribution is 2.11. The Morgan fingerprint density at radius 2 is 1.32 bits per heavy atom. The molecule has 22 heavy (non-hydrogen) atoms. The lowest BCUT2D eigenvalue weighted by atomic mass is 10.1. The first-order valence-electron chi connectivity index (χ1n) is 9.33. The number of hydrogen-bond donors (Lipinski definition) is 1. The molecule has 0 spiro atoms. The maximum absolute atomic E-state index is 11.6. The van der Waals surface area contributed by atoms with Crippen molar-refractivity contribution in [1.29, 1.82) is 0 Å². The maximum Gasteiger partial charge on any atom is 0.260 e. The lowest BCUT2D eigenvalue weighted by Gasteiger charge is -2.21. The van der Waals surface area contributed by atoms with Crippen LogP contribution in [0, 0.1) is 0 Å². The van der Waals surface area contributed by atoms with E-state index < -0.39 is 0 Å². The summed E-state index contributed by atoms with van der Waals surface area (Å²) in [5.41, 5.74) is 3.46. The van der Waals surface area contributed by atoms with Crippen molar-refractivity contribution in [2.24, 2.45) is 0 Å². The molecule has 0 unspecified atom stereocenters. The molecule has 3 heteroatoms. The number of hydrogen-bond acceptors (Lipinski definition) is 2. The van der Waals surface area contributed by atoms with E-state index >= 15 is 0 Å². The number of rotatable bonds is 15. The lowest BCUT2D eigenvalue weighted by molar-refractivity contribution is -0.122. The summed E-state index contributed by atoms with van der Waals surface area (Å²) in [6.07, 6.45) is 14.9. The van der Waals surface area contributed by atoms with Gasteiger partial charge in [0.1, 0.15) is 0 Å². The largest absolute Gasteiger partial charge is 0.285 e. The summed E-state index contributed by atoms with van der Waals surface area (Å²) in [5.74, 6) is -0.0649. The molecule has 0 aromatic heterocycles. The highest BCUT2D eigenvalue weighted by atomic mass is 16.2. The van der Waals surface area contributed by atoms with Crippen LogP contribution in [-0.2, 0) is 4.79 Å². The number of nitrogens with zero attached hydrogens (tertiary/aromatic N) is 1. The van der Waals surface area contributed by atoms with Crippen LogP contribution in [-0.4, -0.2) is 24.0 Å². The third-order valence-corrected chi connectivity index (χ3v) is 4.06. The number of nitrogens with one attached hydrogen (secondary N) is 1. The van der Waals surface area contributed by atoms with Gasteiger partial charge < -0.3 is 0 Å². The van der Waals surface area contributed by atoms with E-state index in [9.17, 15) is 4.79 Å². The standard InChI is InChI=1S/C19H38N2O/c1-5-7-8-9-10-11-12-13-14-15-16-17-21(6-2)20-19(22)18(3)4/h3,5-17H2,1-2,4H3,(H,20,22). The van der Waals surface area contributed by atoms with Crippen molar-refractivity contribution in [2.45, 2.75) is 91.4 Å². The van der Waals surface area contributed by atoms with E-state index in [-0.39, 0.29) is 5.91 Å². The van der Waals surface area contributed by atoms with Gasteiger partial charge in [0.05, 0.1) is 0 Å². The summed E-state index contributed by atoms with van der Waals surface area (Å²) in [6.45, 7) is 11.5. The normalized spacial score (nSPS) is 10.9. The molecule has 0 atom stereocenters. The van der Waals surface area contributed by atoms with Gasteiger partial charge in [0.25, 0.3) is 5.91 Å². The van der Waals surface area contributed by atoms with Gasteiger partial charge >= 0.3 is 0 Å². The number of carbonyl (C=O) groups excluding carboxylic acids is 1. The average molecular weight is 311 g/mol. The third kappa shape index (κ3) is 12.9. The molecular weight excluding hydrogens is 272 g/mol. The molecule has 3 nitrogen and oxygen atoms in total. The predicted molar refractivity (Wildman–Crippen MR) is 96.7 cm³/mol. The number of amides is 1. The molecule has 0 saturated heterocycles. The molecule has 130 valence electrons. The van der Waals surface area contributed by atoms with Crippen LogP contribution in [0.2, 0.25) is 0 Å². The third-order valence-electron chi connectivity index (χ3n) is 4.06. The quantitative estimate of drug-likeness (QED) is 0.255. The van der Waals surface area contributed by atoms with Gasteiger partial charge in [0.15, 0.2) is 0 Å². The van der Waals surface area contributed by atoms with E-state index in [0.717, 1.165) is 19.5 Å². The van der Waals surface area contributed by atoms with Gasteiger partial charge in [-0.1, -0.05) is 84.6 Å². The molecule has 0 aliphatic carbocycles. The van der Waals surface area contributed by atoms with E-state index in [0.29, 0.717) is 5.57 Å². The van der Waals surface area contributed by atoms with E-state index in [1.54, 1.807) is 6.92 Å². The summed E-state index contributed by atoms with van der Waals surface area (Å²) < 4.78 is 0. The summed E-state index contributed by atoms with van der Waals surface area (Å²) in [4.78, 5) is 11.6. The van der Waals surface area contributed by atoms with Crippen LogP contribution in [0.15, 0.2) is 12.2 Å². The predicted octanol–water partition coefficient (Wildman–Crippen LogP) is 5.23. The molecular formula is C19H38N2O. The van der Waals surface area contributed by atoms with Crippen molar-refractivity contribution in [1.82, 2.24) is 10.4 Å². The van der Waals surface area contributed by atoms with Crippen molar-refractivity contribution in [3.8, 4) is 0 Å². The monoisotopic (exact) mass is 310 g/mol. The van der Waals surface area contributed by atoms with Gasteiger partial charge in [-0.2, -0.15) is 0 Å². The Morgan fingerprint density at radius 1 is 0.864 bits per heavy atom. The van der Waals surface area contributed by atoms with Gasteiger partial charge in [0.2, 0.25) is 0 Å². The van der Waals surface area contributed by atoms with E-state index in [1.165, 1.54) is 64.2 Å². The zero-order chi connectivity index (χ0) is 16.6. The van der Waals surface area contributed by atoms with Gasteiger partial charge in [-0.3, -0.25) is 10.2 Å². The Bertz CT molecular complexity index is 289. The van der Waals surface area contributed by atoms with Crippen molar-refractivity contribution >= 4 is 5.91 Å². The highest BCUT2D eigenvalue weighted by molar-refractivity contribution is 5.91. The first-order chi connectivity index (χ1) is 10.6. The molecule has 0 aromatic rings. The Balaban J connectivity index is 3.40. The topological polar surface area (TPSA) is 32.3 Å². The Hall–Kier alpha value is -0.830. The Labute approximate surface area is 138 Å². The van der Waals surface area contributed by atoms with Crippen molar-refractivity contribution < 1.29 is 4.79 Å². The van der Waals surface area contributed by atoms with Crippen LogP contribution in [0.25, 0.3) is 0 Å². The van der Waals surface area contributed by atoms with E-state index in [1.807, 2.05) is 5.01 Å². The molecule has 0 heterocycles. The Morgan fingerprint density at radius 3 is 1.73 bits per heavy atom. The minimum absolute atomic E-state index is 0.0649. The molecule has 0 aromatic carbocycles. The van der Waals surface area contributed by atoms with Crippen molar-refractivity contribution in [2.75, 3.05) is 13.1 Å². The average Bonchev–Trinajstić information content (AvgIpc) is 2.51. The van der Waals surface area contributed by atoms with Crippen LogP contribution in [0.4, 0.5) is 0 Å². The van der Waals surface area contributed by atoms with E-state index in [4.69, 9.17) is 0 Å². The summed E-state index contributed by atoms with van der Waals surface area (Å²) in [5, 5.41) is 1.99. The fourth-order valence-electron chi connectivity index (χ4n) is 2.50. The zero-order valence-electron chi connectivity index (χ0n) is 15.3. The van der Waals surface area contributed by atoms with Crippen molar-refractivity contribution in [3.63, 3.8) is 0 Å². The minimum atomic E-state index is -0.0649. The van der Waals surface area contributed by atoms with Crippen LogP contribution >= 0.6 is 0 Å².